The molecule has 1 saturated heterocycles. The fourth-order valence-electron chi connectivity index (χ4n) is 5.38. The zero-order chi connectivity index (χ0) is 22.1. The molecule has 0 aromatic heterocycles. The van der Waals surface area contributed by atoms with Crippen LogP contribution in [0.4, 0.5) is 0 Å². The number of unbranched alkanes of at least 4 members (excludes halogenated alkanes) is 3. The zero-order valence-corrected chi connectivity index (χ0v) is 18.8. The van der Waals surface area contributed by atoms with E-state index in [0.29, 0.717) is 18.3 Å². The molecule has 4 nitrogen and oxygen atoms in total. The number of aliphatic hydroxyl groups excluding tert-OH is 1. The highest BCUT2D eigenvalue weighted by Gasteiger charge is 2.58. The lowest BCUT2D eigenvalue weighted by molar-refractivity contribution is -0.137. The molecule has 0 radical (unpaired) electrons. The molecule has 2 fully saturated rings. The van der Waals surface area contributed by atoms with Crippen molar-refractivity contribution >= 4 is 5.97 Å². The first kappa shape index (κ1) is 23.7. The van der Waals surface area contributed by atoms with Crippen molar-refractivity contribution in [3.8, 4) is 0 Å². The van der Waals surface area contributed by atoms with Crippen LogP contribution < -0.4 is 0 Å². The van der Waals surface area contributed by atoms with Gasteiger partial charge in [0.1, 0.15) is 0 Å². The number of aliphatic carboxylic acids is 1. The molecule has 31 heavy (non-hydrogen) atoms. The fraction of sp³-hybridized carbons (Fsp3) is 0.593. The van der Waals surface area contributed by atoms with E-state index in [-0.39, 0.29) is 24.0 Å². The smallest absolute Gasteiger partial charge is 0.303 e. The maximum Gasteiger partial charge on any atom is 0.303 e. The van der Waals surface area contributed by atoms with Crippen molar-refractivity contribution in [2.75, 3.05) is 6.61 Å². The van der Waals surface area contributed by atoms with Crippen LogP contribution in [0, 0.1) is 11.8 Å². The number of rotatable bonds is 13. The first-order valence-corrected chi connectivity index (χ1v) is 12.0. The SMILES string of the molecule is CCCCC[C@H](O)C=C[C@@H]1[C@@H]2C[C@@](c3ccccc3)(CO2)[C@H]1CC=CCCCC(=O)O. The molecule has 2 N–H and O–H groups in total. The summed E-state index contributed by atoms with van der Waals surface area (Å²) in [5, 5.41) is 19.2. The van der Waals surface area contributed by atoms with Gasteiger partial charge in [-0.1, -0.05) is 80.8 Å². The van der Waals surface area contributed by atoms with Gasteiger partial charge in [-0.15, -0.1) is 0 Å². The van der Waals surface area contributed by atoms with E-state index in [0.717, 1.165) is 51.6 Å². The lowest BCUT2D eigenvalue weighted by Crippen LogP contribution is -2.39. The zero-order valence-electron chi connectivity index (χ0n) is 18.8. The average Bonchev–Trinajstić information content (AvgIpc) is 3.33. The summed E-state index contributed by atoms with van der Waals surface area (Å²) in [5.41, 5.74) is 1.36. The van der Waals surface area contributed by atoms with Crippen molar-refractivity contribution in [2.24, 2.45) is 11.8 Å². The molecule has 170 valence electrons. The van der Waals surface area contributed by atoms with Crippen LogP contribution in [0.15, 0.2) is 54.6 Å². The monoisotopic (exact) mass is 426 g/mol. The lowest BCUT2D eigenvalue weighted by atomic mass is 9.69. The number of allylic oxidation sites excluding steroid dienone is 2. The largest absolute Gasteiger partial charge is 0.481 e. The molecular formula is C27H38O4. The van der Waals surface area contributed by atoms with E-state index in [9.17, 15) is 9.90 Å². The molecule has 4 heteroatoms. The van der Waals surface area contributed by atoms with Crippen molar-refractivity contribution in [3.05, 3.63) is 60.2 Å². The number of aliphatic hydroxyl groups is 1. The Bertz CT molecular complexity index is 741. The van der Waals surface area contributed by atoms with E-state index in [1.54, 1.807) is 0 Å². The number of hydrogen-bond acceptors (Lipinski definition) is 3. The van der Waals surface area contributed by atoms with E-state index in [1.165, 1.54) is 5.56 Å². The van der Waals surface area contributed by atoms with E-state index in [2.05, 4.69) is 55.5 Å². The van der Waals surface area contributed by atoms with Gasteiger partial charge in [-0.05, 0) is 43.6 Å². The topological polar surface area (TPSA) is 66.8 Å². The summed E-state index contributed by atoms with van der Waals surface area (Å²) in [6.07, 6.45) is 16.3. The molecule has 2 bridgehead atoms. The molecule has 0 spiro atoms. The Morgan fingerprint density at radius 1 is 1.23 bits per heavy atom. The molecule has 2 aliphatic rings. The van der Waals surface area contributed by atoms with E-state index < -0.39 is 5.97 Å². The van der Waals surface area contributed by atoms with Gasteiger partial charge in [0.25, 0.3) is 0 Å². The lowest BCUT2D eigenvalue weighted by Gasteiger charge is -2.38. The Hall–Kier alpha value is -1.91. The van der Waals surface area contributed by atoms with Gasteiger partial charge >= 0.3 is 5.97 Å². The van der Waals surface area contributed by atoms with Gasteiger partial charge in [0, 0.05) is 17.8 Å². The summed E-state index contributed by atoms with van der Waals surface area (Å²) in [6, 6.07) is 10.7. The third-order valence-corrected chi connectivity index (χ3v) is 7.05. The number of carbonyl (C=O) groups is 1. The third kappa shape index (κ3) is 6.08. The second-order valence-electron chi connectivity index (χ2n) is 9.20. The number of fused-ring (bicyclic) bond motifs is 2. The van der Waals surface area contributed by atoms with Crippen molar-refractivity contribution in [2.45, 2.75) is 82.3 Å². The van der Waals surface area contributed by atoms with Crippen LogP contribution in [0.3, 0.4) is 0 Å². The summed E-state index contributed by atoms with van der Waals surface area (Å²) in [4.78, 5) is 10.7. The number of ether oxygens (including phenoxy) is 1. The maximum atomic E-state index is 10.7. The molecule has 5 atom stereocenters. The highest BCUT2D eigenvalue weighted by Crippen LogP contribution is 2.57. The van der Waals surface area contributed by atoms with Crippen LogP contribution in [0.5, 0.6) is 0 Å². The molecule has 1 saturated carbocycles. The van der Waals surface area contributed by atoms with E-state index >= 15 is 0 Å². The number of carboxylic acids is 1. The molecule has 1 aromatic carbocycles. The number of carboxylic acid groups (broad SMARTS) is 1. The highest BCUT2D eigenvalue weighted by atomic mass is 16.5. The standard InChI is InChI=1S/C27H38O4/c1-2-3-7-14-22(28)17-18-23-24(15-10-4-5-11-16-26(29)30)27(19-25(23)31-20-27)21-12-8-6-9-13-21/h4,6,8-10,12-13,17-18,22-25,28H,2-3,5,7,11,14-16,19-20H2,1H3,(H,29,30)/t22-,23-,24-,25-,27-/m0/s1. The normalized spacial score (nSPS) is 28.6. The van der Waals surface area contributed by atoms with E-state index in [1.807, 2.05) is 6.08 Å². The summed E-state index contributed by atoms with van der Waals surface area (Å²) < 4.78 is 6.23. The molecule has 0 amide bonds. The van der Waals surface area contributed by atoms with Gasteiger partial charge in [0.2, 0.25) is 0 Å². The number of benzene rings is 1. The Kier molecular flexibility index (Phi) is 8.91. The fourth-order valence-corrected chi connectivity index (χ4v) is 5.38. The molecule has 1 aromatic rings. The number of hydrogen-bond donors (Lipinski definition) is 2. The minimum Gasteiger partial charge on any atom is -0.481 e. The third-order valence-electron chi connectivity index (χ3n) is 7.05. The van der Waals surface area contributed by atoms with Gasteiger partial charge in [-0.2, -0.15) is 0 Å². The Morgan fingerprint density at radius 2 is 2.03 bits per heavy atom. The summed E-state index contributed by atoms with van der Waals surface area (Å²) in [5.74, 6) is -0.0219. The minimum atomic E-state index is -0.732. The molecular weight excluding hydrogens is 388 g/mol. The van der Waals surface area contributed by atoms with Gasteiger partial charge < -0.3 is 14.9 Å². The van der Waals surface area contributed by atoms with Crippen molar-refractivity contribution in [3.63, 3.8) is 0 Å². The predicted molar refractivity (Wildman–Crippen MR) is 124 cm³/mol. The van der Waals surface area contributed by atoms with Crippen LogP contribution >= 0.6 is 0 Å². The van der Waals surface area contributed by atoms with E-state index in [4.69, 9.17) is 9.84 Å². The molecule has 3 rings (SSSR count). The minimum absolute atomic E-state index is 0.0134. The van der Waals surface area contributed by atoms with Crippen LogP contribution in [0.2, 0.25) is 0 Å². The summed E-state index contributed by atoms with van der Waals surface area (Å²) in [7, 11) is 0. The van der Waals surface area contributed by atoms with Crippen LogP contribution in [0.25, 0.3) is 0 Å². The average molecular weight is 427 g/mol. The second kappa shape index (κ2) is 11.6. The maximum absolute atomic E-state index is 10.7. The molecule has 0 unspecified atom stereocenters. The van der Waals surface area contributed by atoms with Crippen LogP contribution in [0.1, 0.15) is 70.3 Å². The highest BCUT2D eigenvalue weighted by molar-refractivity contribution is 5.66. The van der Waals surface area contributed by atoms with Gasteiger partial charge in [0.05, 0.1) is 18.8 Å². The Balaban J connectivity index is 1.71. The molecule has 1 heterocycles. The second-order valence-corrected chi connectivity index (χ2v) is 9.20. The van der Waals surface area contributed by atoms with Crippen LogP contribution in [-0.2, 0) is 14.9 Å². The first-order valence-electron chi connectivity index (χ1n) is 12.0. The summed E-state index contributed by atoms with van der Waals surface area (Å²) in [6.45, 7) is 2.93. The van der Waals surface area contributed by atoms with Gasteiger partial charge in [-0.25, -0.2) is 0 Å². The quantitative estimate of drug-likeness (QED) is 0.316. The van der Waals surface area contributed by atoms with Gasteiger partial charge in [0.15, 0.2) is 0 Å². The first-order chi connectivity index (χ1) is 15.1. The van der Waals surface area contributed by atoms with Gasteiger partial charge in [-0.3, -0.25) is 4.79 Å². The Labute approximate surface area is 187 Å². The molecule has 1 aliphatic heterocycles. The van der Waals surface area contributed by atoms with Crippen LogP contribution in [-0.4, -0.2) is 35.0 Å². The van der Waals surface area contributed by atoms with Crippen molar-refractivity contribution < 1.29 is 19.7 Å². The van der Waals surface area contributed by atoms with Crippen molar-refractivity contribution in [1.82, 2.24) is 0 Å². The van der Waals surface area contributed by atoms with Crippen molar-refractivity contribution in [1.29, 1.82) is 0 Å². The molecule has 1 aliphatic carbocycles. The Morgan fingerprint density at radius 3 is 2.77 bits per heavy atom. The predicted octanol–water partition coefficient (Wildman–Crippen LogP) is 5.66. The summed E-state index contributed by atoms with van der Waals surface area (Å²) >= 11 is 0.